The minimum absolute atomic E-state index is 0.280. The second-order valence-electron chi connectivity index (χ2n) is 7.88. The van der Waals surface area contributed by atoms with Crippen LogP contribution in [0.2, 0.25) is 0 Å². The molecule has 5 rings (SSSR count). The summed E-state index contributed by atoms with van der Waals surface area (Å²) in [5.41, 5.74) is 6.45. The lowest BCUT2D eigenvalue weighted by atomic mass is 9.49. The largest absolute Gasteiger partial charge is 0.374 e. The minimum Gasteiger partial charge on any atom is -0.374 e. The van der Waals surface area contributed by atoms with E-state index >= 15 is 0 Å². The molecule has 0 spiro atoms. The number of hydrogen-bond acceptors (Lipinski definition) is 3. The van der Waals surface area contributed by atoms with Gasteiger partial charge < -0.3 is 10.5 Å². The van der Waals surface area contributed by atoms with Crippen LogP contribution in [0.5, 0.6) is 0 Å². The number of ether oxygens (including phenoxy) is 1. The standard InChI is InChI=1S/C16H28N2O/c17-9-15-10-18(1-2-19-15)11-16-6-12-3-13(7-16)5-14(4-12)8-16/h12-15H,1-11,17H2. The fourth-order valence-corrected chi connectivity index (χ4v) is 6.02. The Hall–Kier alpha value is -0.120. The maximum atomic E-state index is 5.77. The fourth-order valence-electron chi connectivity index (χ4n) is 6.02. The molecule has 0 aromatic heterocycles. The van der Waals surface area contributed by atoms with Crippen LogP contribution in [0.4, 0.5) is 0 Å². The summed E-state index contributed by atoms with van der Waals surface area (Å²) in [6.45, 7) is 5.08. The first kappa shape index (κ1) is 12.6. The van der Waals surface area contributed by atoms with E-state index < -0.39 is 0 Å². The normalized spacial score (nSPS) is 49.7. The summed E-state index contributed by atoms with van der Waals surface area (Å²) >= 11 is 0. The van der Waals surface area contributed by atoms with Gasteiger partial charge in [-0.25, -0.2) is 0 Å². The summed E-state index contributed by atoms with van der Waals surface area (Å²) in [7, 11) is 0. The van der Waals surface area contributed by atoms with E-state index in [2.05, 4.69) is 4.90 Å². The van der Waals surface area contributed by atoms with Crippen LogP contribution in [0.25, 0.3) is 0 Å². The number of hydrogen-bond donors (Lipinski definition) is 1. The Morgan fingerprint density at radius 2 is 1.68 bits per heavy atom. The van der Waals surface area contributed by atoms with Crippen LogP contribution < -0.4 is 5.73 Å². The Labute approximate surface area is 116 Å². The molecule has 1 unspecified atom stereocenters. The molecule has 5 aliphatic rings. The van der Waals surface area contributed by atoms with Gasteiger partial charge in [0.1, 0.15) is 0 Å². The number of nitrogens with two attached hydrogens (primary N) is 1. The van der Waals surface area contributed by atoms with Gasteiger partial charge in [0.05, 0.1) is 12.7 Å². The molecule has 3 heteroatoms. The summed E-state index contributed by atoms with van der Waals surface area (Å²) in [4.78, 5) is 2.66. The van der Waals surface area contributed by atoms with Gasteiger partial charge in [0, 0.05) is 26.2 Å². The predicted molar refractivity (Wildman–Crippen MR) is 75.8 cm³/mol. The second-order valence-corrected chi connectivity index (χ2v) is 7.88. The second kappa shape index (κ2) is 4.71. The molecule has 1 heterocycles. The van der Waals surface area contributed by atoms with E-state index in [9.17, 15) is 0 Å². The van der Waals surface area contributed by atoms with Crippen LogP contribution in [0.3, 0.4) is 0 Å². The van der Waals surface area contributed by atoms with E-state index in [1.807, 2.05) is 0 Å². The molecular formula is C16H28N2O. The molecule has 4 bridgehead atoms. The smallest absolute Gasteiger partial charge is 0.0824 e. The van der Waals surface area contributed by atoms with Crippen molar-refractivity contribution in [3.63, 3.8) is 0 Å². The molecule has 0 amide bonds. The van der Waals surface area contributed by atoms with Crippen molar-refractivity contribution in [2.45, 2.75) is 44.6 Å². The lowest BCUT2D eigenvalue weighted by molar-refractivity contribution is -0.0923. The first-order chi connectivity index (χ1) is 9.25. The van der Waals surface area contributed by atoms with Crippen LogP contribution in [0, 0.1) is 23.2 Å². The van der Waals surface area contributed by atoms with E-state index in [0.717, 1.165) is 37.5 Å². The van der Waals surface area contributed by atoms with Crippen LogP contribution >= 0.6 is 0 Å². The summed E-state index contributed by atoms with van der Waals surface area (Å²) < 4.78 is 5.71. The Morgan fingerprint density at radius 1 is 1.05 bits per heavy atom. The average Bonchev–Trinajstić information content (AvgIpc) is 2.36. The topological polar surface area (TPSA) is 38.5 Å². The maximum absolute atomic E-state index is 5.77. The monoisotopic (exact) mass is 264 g/mol. The van der Waals surface area contributed by atoms with Crippen molar-refractivity contribution in [2.24, 2.45) is 28.9 Å². The zero-order valence-corrected chi connectivity index (χ0v) is 12.0. The molecule has 4 saturated carbocycles. The minimum atomic E-state index is 0.280. The predicted octanol–water partition coefficient (Wildman–Crippen LogP) is 1.86. The fraction of sp³-hybridized carbons (Fsp3) is 1.00. The molecule has 1 saturated heterocycles. The van der Waals surface area contributed by atoms with Gasteiger partial charge in [0.2, 0.25) is 0 Å². The van der Waals surface area contributed by atoms with Crippen LogP contribution in [0.1, 0.15) is 38.5 Å². The molecule has 0 aromatic rings. The van der Waals surface area contributed by atoms with Crippen molar-refractivity contribution in [3.8, 4) is 0 Å². The molecule has 2 N–H and O–H groups in total. The molecule has 1 aliphatic heterocycles. The van der Waals surface area contributed by atoms with Crippen molar-refractivity contribution < 1.29 is 4.74 Å². The summed E-state index contributed by atoms with van der Waals surface area (Å²) in [5, 5.41) is 0. The lowest BCUT2D eigenvalue weighted by Gasteiger charge is -2.58. The Morgan fingerprint density at radius 3 is 2.26 bits per heavy atom. The highest BCUT2D eigenvalue weighted by atomic mass is 16.5. The third kappa shape index (κ3) is 2.34. The Bertz CT molecular complexity index is 308. The summed E-state index contributed by atoms with van der Waals surface area (Å²) in [6, 6.07) is 0. The van der Waals surface area contributed by atoms with E-state index in [4.69, 9.17) is 10.5 Å². The molecule has 1 atom stereocenters. The first-order valence-electron chi connectivity index (χ1n) is 8.29. The van der Waals surface area contributed by atoms with Gasteiger partial charge in [-0.1, -0.05) is 0 Å². The highest BCUT2D eigenvalue weighted by Crippen LogP contribution is 2.60. The van der Waals surface area contributed by atoms with Gasteiger partial charge in [0.25, 0.3) is 0 Å². The quantitative estimate of drug-likeness (QED) is 0.845. The van der Waals surface area contributed by atoms with Gasteiger partial charge in [0.15, 0.2) is 0 Å². The van der Waals surface area contributed by atoms with E-state index in [-0.39, 0.29) is 6.10 Å². The van der Waals surface area contributed by atoms with Crippen molar-refractivity contribution in [1.82, 2.24) is 4.90 Å². The van der Waals surface area contributed by atoms with Gasteiger partial charge in [-0.2, -0.15) is 0 Å². The van der Waals surface area contributed by atoms with E-state index in [1.54, 1.807) is 19.3 Å². The molecule has 3 nitrogen and oxygen atoms in total. The van der Waals surface area contributed by atoms with Crippen LogP contribution in [0.15, 0.2) is 0 Å². The number of rotatable bonds is 3. The highest BCUT2D eigenvalue weighted by Gasteiger charge is 2.51. The van der Waals surface area contributed by atoms with E-state index in [1.165, 1.54) is 25.8 Å². The van der Waals surface area contributed by atoms with Crippen molar-refractivity contribution >= 4 is 0 Å². The SMILES string of the molecule is NCC1CN(CC23CC4CC(CC(C4)C2)C3)CCO1. The molecule has 0 aromatic carbocycles. The number of morpholine rings is 1. The van der Waals surface area contributed by atoms with Gasteiger partial charge in [-0.05, 0) is 61.7 Å². The van der Waals surface area contributed by atoms with Crippen molar-refractivity contribution in [2.75, 3.05) is 32.8 Å². The number of nitrogens with zero attached hydrogens (tertiary/aromatic N) is 1. The third-order valence-electron chi connectivity index (χ3n) is 6.21. The molecule has 19 heavy (non-hydrogen) atoms. The summed E-state index contributed by atoms with van der Waals surface area (Å²) in [6.07, 6.45) is 9.48. The summed E-state index contributed by atoms with van der Waals surface area (Å²) in [5.74, 6) is 3.20. The van der Waals surface area contributed by atoms with E-state index in [0.29, 0.717) is 12.0 Å². The molecule has 0 radical (unpaired) electrons. The first-order valence-corrected chi connectivity index (χ1v) is 8.29. The van der Waals surface area contributed by atoms with Gasteiger partial charge in [-0.15, -0.1) is 0 Å². The van der Waals surface area contributed by atoms with Gasteiger partial charge in [-0.3, -0.25) is 4.90 Å². The Balaban J connectivity index is 1.44. The highest BCUT2D eigenvalue weighted by molar-refractivity contribution is 5.02. The van der Waals surface area contributed by atoms with Gasteiger partial charge >= 0.3 is 0 Å². The third-order valence-corrected chi connectivity index (χ3v) is 6.21. The molecule has 108 valence electrons. The Kier molecular flexibility index (Phi) is 3.13. The molecular weight excluding hydrogens is 236 g/mol. The van der Waals surface area contributed by atoms with Crippen LogP contribution in [-0.2, 0) is 4.74 Å². The van der Waals surface area contributed by atoms with Crippen molar-refractivity contribution in [3.05, 3.63) is 0 Å². The zero-order chi connectivity index (χ0) is 12.9. The maximum Gasteiger partial charge on any atom is 0.0824 e. The average molecular weight is 264 g/mol. The lowest BCUT2D eigenvalue weighted by Crippen LogP contribution is -2.54. The van der Waals surface area contributed by atoms with Crippen molar-refractivity contribution in [1.29, 1.82) is 0 Å². The zero-order valence-electron chi connectivity index (χ0n) is 12.0. The molecule has 5 fully saturated rings. The van der Waals surface area contributed by atoms with Crippen LogP contribution in [-0.4, -0.2) is 43.8 Å². The molecule has 4 aliphatic carbocycles.